The first kappa shape index (κ1) is 16.4. The van der Waals surface area contributed by atoms with Crippen molar-refractivity contribution in [2.24, 2.45) is 0 Å². The predicted molar refractivity (Wildman–Crippen MR) is 95.2 cm³/mol. The fraction of sp³-hybridized carbons (Fsp3) is 0.158. The minimum Gasteiger partial charge on any atom is -0.392 e. The van der Waals surface area contributed by atoms with E-state index in [4.69, 9.17) is 16.7 Å². The molecule has 0 spiro atoms. The van der Waals surface area contributed by atoms with Gasteiger partial charge >= 0.3 is 0 Å². The van der Waals surface area contributed by atoms with E-state index >= 15 is 0 Å². The number of nitrogens with zero attached hydrogens (tertiary/aromatic N) is 1. The van der Waals surface area contributed by atoms with Crippen LogP contribution in [0, 0.1) is 0 Å². The number of hydrogen-bond acceptors (Lipinski definition) is 3. The Labute approximate surface area is 145 Å². The summed E-state index contributed by atoms with van der Waals surface area (Å²) in [5.41, 5.74) is 2.28. The van der Waals surface area contributed by atoms with Gasteiger partial charge in [0.05, 0.1) is 6.61 Å². The topological polar surface area (TPSA) is 62.2 Å². The quantitative estimate of drug-likeness (QED) is 0.700. The Morgan fingerprint density at radius 1 is 1.08 bits per heavy atom. The number of hydrogen-bond donors (Lipinski definition) is 2. The summed E-state index contributed by atoms with van der Waals surface area (Å²) >= 11 is 6.15. The van der Waals surface area contributed by atoms with Crippen LogP contribution in [0.15, 0.2) is 54.6 Å². The van der Waals surface area contributed by atoms with Crippen molar-refractivity contribution in [3.8, 4) is 0 Å². The van der Waals surface area contributed by atoms with E-state index < -0.39 is 0 Å². The van der Waals surface area contributed by atoms with Gasteiger partial charge in [-0.05, 0) is 29.0 Å². The second kappa shape index (κ2) is 7.43. The second-order valence-electron chi connectivity index (χ2n) is 5.50. The van der Waals surface area contributed by atoms with Crippen molar-refractivity contribution in [3.63, 3.8) is 0 Å². The van der Waals surface area contributed by atoms with Crippen LogP contribution in [-0.2, 0) is 13.0 Å². The maximum absolute atomic E-state index is 12.3. The van der Waals surface area contributed by atoms with Gasteiger partial charge in [0.1, 0.15) is 10.8 Å². The summed E-state index contributed by atoms with van der Waals surface area (Å²) in [4.78, 5) is 16.4. The Morgan fingerprint density at radius 2 is 1.79 bits per heavy atom. The molecule has 3 aromatic rings. The number of aromatic nitrogens is 1. The number of carbonyl (C=O) groups excluding carboxylic acids is 1. The molecule has 0 saturated carbocycles. The van der Waals surface area contributed by atoms with E-state index in [0.717, 1.165) is 21.9 Å². The molecule has 5 heteroatoms. The molecule has 4 nitrogen and oxygen atoms in total. The van der Waals surface area contributed by atoms with E-state index in [1.807, 2.05) is 48.5 Å². The van der Waals surface area contributed by atoms with Gasteiger partial charge < -0.3 is 10.4 Å². The summed E-state index contributed by atoms with van der Waals surface area (Å²) in [6.07, 6.45) is 0.707. The van der Waals surface area contributed by atoms with Crippen LogP contribution in [0.5, 0.6) is 0 Å². The Kier molecular flexibility index (Phi) is 5.08. The molecular weight excluding hydrogens is 324 g/mol. The standard InChI is InChI=1S/C19H17ClN2O2/c20-18-16-4-2-1-3-15(16)11-17(22-18)19(24)21-10-9-13-5-7-14(12-23)8-6-13/h1-8,11,23H,9-10,12H2,(H,21,24). The molecule has 2 N–H and O–H groups in total. The van der Waals surface area contributed by atoms with E-state index in [-0.39, 0.29) is 12.5 Å². The van der Waals surface area contributed by atoms with Gasteiger partial charge in [0.25, 0.3) is 5.91 Å². The highest BCUT2D eigenvalue weighted by atomic mass is 35.5. The number of rotatable bonds is 5. The van der Waals surface area contributed by atoms with Crippen LogP contribution < -0.4 is 5.32 Å². The molecule has 0 fully saturated rings. The van der Waals surface area contributed by atoms with Gasteiger partial charge in [-0.2, -0.15) is 0 Å². The molecule has 0 saturated heterocycles. The lowest BCUT2D eigenvalue weighted by Crippen LogP contribution is -2.26. The van der Waals surface area contributed by atoms with E-state index in [0.29, 0.717) is 23.8 Å². The summed E-state index contributed by atoms with van der Waals surface area (Å²) < 4.78 is 0. The van der Waals surface area contributed by atoms with Gasteiger partial charge in [-0.25, -0.2) is 4.98 Å². The van der Waals surface area contributed by atoms with E-state index in [2.05, 4.69) is 10.3 Å². The maximum Gasteiger partial charge on any atom is 0.269 e. The third kappa shape index (κ3) is 3.72. The molecule has 24 heavy (non-hydrogen) atoms. The Morgan fingerprint density at radius 3 is 2.54 bits per heavy atom. The zero-order valence-electron chi connectivity index (χ0n) is 13.0. The van der Waals surface area contributed by atoms with Crippen molar-refractivity contribution in [1.82, 2.24) is 10.3 Å². The van der Waals surface area contributed by atoms with Crippen molar-refractivity contribution < 1.29 is 9.90 Å². The van der Waals surface area contributed by atoms with Gasteiger partial charge in [0, 0.05) is 11.9 Å². The normalized spacial score (nSPS) is 10.8. The molecule has 0 aliphatic heterocycles. The molecule has 122 valence electrons. The number of fused-ring (bicyclic) bond motifs is 1. The molecule has 3 rings (SSSR count). The van der Waals surface area contributed by atoms with Crippen LogP contribution >= 0.6 is 11.6 Å². The van der Waals surface area contributed by atoms with Crippen LogP contribution in [0.2, 0.25) is 5.15 Å². The molecule has 2 aromatic carbocycles. The summed E-state index contributed by atoms with van der Waals surface area (Å²) in [6, 6.07) is 17.0. The minimum absolute atomic E-state index is 0.0331. The zero-order chi connectivity index (χ0) is 16.9. The van der Waals surface area contributed by atoms with Crippen LogP contribution in [-0.4, -0.2) is 22.5 Å². The number of amides is 1. The molecule has 0 unspecified atom stereocenters. The highest BCUT2D eigenvalue weighted by Gasteiger charge is 2.10. The molecule has 1 heterocycles. The van der Waals surface area contributed by atoms with Crippen molar-refractivity contribution in [2.75, 3.05) is 6.54 Å². The first-order valence-electron chi connectivity index (χ1n) is 7.69. The van der Waals surface area contributed by atoms with Crippen LogP contribution in [0.25, 0.3) is 10.8 Å². The summed E-state index contributed by atoms with van der Waals surface area (Å²) in [5.74, 6) is -0.241. The summed E-state index contributed by atoms with van der Waals surface area (Å²) in [7, 11) is 0. The third-order valence-corrected chi connectivity index (χ3v) is 4.12. The van der Waals surface area contributed by atoms with Crippen molar-refractivity contribution in [3.05, 3.63) is 76.6 Å². The Hall–Kier alpha value is -2.43. The Bertz CT molecular complexity index is 863. The number of aliphatic hydroxyl groups excluding tert-OH is 1. The van der Waals surface area contributed by atoms with Gasteiger partial charge in [0.15, 0.2) is 0 Å². The van der Waals surface area contributed by atoms with Crippen LogP contribution in [0.4, 0.5) is 0 Å². The third-order valence-electron chi connectivity index (χ3n) is 3.83. The van der Waals surface area contributed by atoms with Gasteiger partial charge in [0.2, 0.25) is 0 Å². The molecule has 1 aromatic heterocycles. The summed E-state index contributed by atoms with van der Waals surface area (Å²) in [6.45, 7) is 0.537. The highest BCUT2D eigenvalue weighted by molar-refractivity contribution is 6.34. The number of pyridine rings is 1. The summed E-state index contributed by atoms with van der Waals surface area (Å²) in [5, 5.41) is 13.9. The van der Waals surface area contributed by atoms with Gasteiger partial charge in [-0.15, -0.1) is 0 Å². The fourth-order valence-corrected chi connectivity index (χ4v) is 2.76. The first-order valence-corrected chi connectivity index (χ1v) is 8.07. The van der Waals surface area contributed by atoms with Crippen LogP contribution in [0.3, 0.4) is 0 Å². The number of halogens is 1. The SMILES string of the molecule is O=C(NCCc1ccc(CO)cc1)c1cc2ccccc2c(Cl)n1. The minimum atomic E-state index is -0.241. The lowest BCUT2D eigenvalue weighted by molar-refractivity contribution is 0.0949. The van der Waals surface area contributed by atoms with Gasteiger partial charge in [-0.3, -0.25) is 4.79 Å². The number of nitrogens with one attached hydrogen (secondary N) is 1. The first-order chi connectivity index (χ1) is 11.7. The lowest BCUT2D eigenvalue weighted by Gasteiger charge is -2.07. The van der Waals surface area contributed by atoms with Crippen LogP contribution in [0.1, 0.15) is 21.6 Å². The molecule has 0 aliphatic rings. The average molecular weight is 341 g/mol. The smallest absolute Gasteiger partial charge is 0.269 e. The molecule has 1 amide bonds. The lowest BCUT2D eigenvalue weighted by atomic mass is 10.1. The zero-order valence-corrected chi connectivity index (χ0v) is 13.8. The molecule has 0 aliphatic carbocycles. The average Bonchev–Trinajstić information content (AvgIpc) is 2.62. The molecule has 0 bridgehead atoms. The largest absolute Gasteiger partial charge is 0.392 e. The molecular formula is C19H17ClN2O2. The van der Waals surface area contributed by atoms with E-state index in [9.17, 15) is 4.79 Å². The molecule has 0 atom stereocenters. The Balaban J connectivity index is 1.64. The van der Waals surface area contributed by atoms with Crippen molar-refractivity contribution >= 4 is 28.3 Å². The highest BCUT2D eigenvalue weighted by Crippen LogP contribution is 2.22. The molecule has 0 radical (unpaired) electrons. The van der Waals surface area contributed by atoms with Crippen molar-refractivity contribution in [2.45, 2.75) is 13.0 Å². The number of carbonyl (C=O) groups is 1. The maximum atomic E-state index is 12.3. The van der Waals surface area contributed by atoms with Crippen molar-refractivity contribution in [1.29, 1.82) is 0 Å². The predicted octanol–water partition coefficient (Wildman–Crippen LogP) is 3.35. The fourth-order valence-electron chi connectivity index (χ4n) is 2.49. The second-order valence-corrected chi connectivity index (χ2v) is 5.86. The number of benzene rings is 2. The number of aliphatic hydroxyl groups is 1. The monoisotopic (exact) mass is 340 g/mol. The van der Waals surface area contributed by atoms with E-state index in [1.165, 1.54) is 0 Å². The van der Waals surface area contributed by atoms with Gasteiger partial charge in [-0.1, -0.05) is 60.1 Å². The van der Waals surface area contributed by atoms with E-state index in [1.54, 1.807) is 6.07 Å².